The van der Waals surface area contributed by atoms with Crippen LogP contribution in [0.1, 0.15) is 39.5 Å². The van der Waals surface area contributed by atoms with E-state index < -0.39 is 5.60 Å². The van der Waals surface area contributed by atoms with Crippen LogP contribution in [-0.4, -0.2) is 33.5 Å². The van der Waals surface area contributed by atoms with E-state index in [9.17, 15) is 9.90 Å². The highest BCUT2D eigenvalue weighted by atomic mass is 32.1. The molecule has 0 unspecified atom stereocenters. The van der Waals surface area contributed by atoms with Gasteiger partial charge in [-0.3, -0.25) is 5.32 Å². The molecule has 0 radical (unpaired) electrons. The summed E-state index contributed by atoms with van der Waals surface area (Å²) in [6, 6.07) is 9.30. The maximum absolute atomic E-state index is 12.0. The van der Waals surface area contributed by atoms with E-state index in [2.05, 4.69) is 20.8 Å². The maximum atomic E-state index is 12.0. The summed E-state index contributed by atoms with van der Waals surface area (Å²) < 4.78 is 0. The van der Waals surface area contributed by atoms with Gasteiger partial charge in [-0.2, -0.15) is 0 Å². The molecule has 0 spiro atoms. The zero-order valence-electron chi connectivity index (χ0n) is 14.1. The van der Waals surface area contributed by atoms with E-state index in [0.29, 0.717) is 18.0 Å². The summed E-state index contributed by atoms with van der Waals surface area (Å²) in [6.07, 6.45) is 3.07. The number of urea groups is 1. The minimum atomic E-state index is -0.850. The van der Waals surface area contributed by atoms with Gasteiger partial charge >= 0.3 is 6.03 Å². The predicted molar refractivity (Wildman–Crippen MR) is 97.1 cm³/mol. The van der Waals surface area contributed by atoms with Gasteiger partial charge in [-0.05, 0) is 12.8 Å². The number of amides is 2. The van der Waals surface area contributed by atoms with Crippen molar-refractivity contribution in [2.45, 2.75) is 45.1 Å². The van der Waals surface area contributed by atoms with Gasteiger partial charge in [0.1, 0.15) is 5.01 Å². The Morgan fingerprint density at radius 1 is 1.17 bits per heavy atom. The highest BCUT2D eigenvalue weighted by Gasteiger charge is 2.25. The lowest BCUT2D eigenvalue weighted by molar-refractivity contribution is 0.0245. The molecular weight excluding hydrogens is 324 g/mol. The van der Waals surface area contributed by atoms with Crippen LogP contribution in [-0.2, 0) is 0 Å². The normalized spacial score (nSPS) is 11.3. The number of hydrogen-bond donors (Lipinski definition) is 3. The Balaban J connectivity index is 1.90. The molecular formula is C17H24N4O2S. The van der Waals surface area contributed by atoms with Gasteiger partial charge in [-0.15, -0.1) is 10.2 Å². The molecule has 2 rings (SSSR count). The van der Waals surface area contributed by atoms with Crippen LogP contribution in [0, 0.1) is 0 Å². The summed E-state index contributed by atoms with van der Waals surface area (Å²) in [5.41, 5.74) is 0.112. The zero-order valence-corrected chi connectivity index (χ0v) is 14.9. The van der Waals surface area contributed by atoms with Crippen molar-refractivity contribution in [2.75, 3.05) is 11.9 Å². The monoisotopic (exact) mass is 348 g/mol. The van der Waals surface area contributed by atoms with Crippen molar-refractivity contribution in [3.63, 3.8) is 0 Å². The van der Waals surface area contributed by atoms with Gasteiger partial charge in [0.25, 0.3) is 0 Å². The van der Waals surface area contributed by atoms with Crippen LogP contribution >= 0.6 is 11.3 Å². The molecule has 1 heterocycles. The number of carbonyl (C=O) groups excluding carboxylic acids is 1. The summed E-state index contributed by atoms with van der Waals surface area (Å²) in [5.74, 6) is 0. The molecule has 2 aromatic rings. The fourth-order valence-corrected chi connectivity index (χ4v) is 3.33. The zero-order chi connectivity index (χ0) is 17.4. The Morgan fingerprint density at radius 3 is 2.46 bits per heavy atom. The summed E-state index contributed by atoms with van der Waals surface area (Å²) in [7, 11) is 0. The molecule has 130 valence electrons. The number of benzene rings is 1. The SMILES string of the molecule is CCCC(O)(CCC)CNC(=O)Nc1nnc(-c2ccccc2)s1. The van der Waals surface area contributed by atoms with E-state index in [0.717, 1.165) is 23.4 Å². The molecule has 6 nitrogen and oxygen atoms in total. The average Bonchev–Trinajstić information content (AvgIpc) is 3.03. The topological polar surface area (TPSA) is 87.1 Å². The van der Waals surface area contributed by atoms with Gasteiger partial charge in [0, 0.05) is 12.1 Å². The third-order valence-electron chi connectivity index (χ3n) is 3.67. The Labute approximate surface area is 146 Å². The summed E-state index contributed by atoms with van der Waals surface area (Å²) >= 11 is 1.31. The lowest BCUT2D eigenvalue weighted by Crippen LogP contribution is -2.44. The van der Waals surface area contributed by atoms with Gasteiger partial charge in [0.2, 0.25) is 5.13 Å². The molecule has 0 bridgehead atoms. The van der Waals surface area contributed by atoms with E-state index in [1.54, 1.807) is 0 Å². The minimum absolute atomic E-state index is 0.227. The van der Waals surface area contributed by atoms with Crippen LogP contribution in [0.2, 0.25) is 0 Å². The predicted octanol–water partition coefficient (Wildman–Crippen LogP) is 3.66. The van der Waals surface area contributed by atoms with Gasteiger partial charge in [0.05, 0.1) is 5.60 Å². The number of hydrogen-bond acceptors (Lipinski definition) is 5. The lowest BCUT2D eigenvalue weighted by atomic mass is 9.93. The lowest BCUT2D eigenvalue weighted by Gasteiger charge is -2.27. The molecule has 3 N–H and O–H groups in total. The molecule has 0 saturated carbocycles. The highest BCUT2D eigenvalue weighted by Crippen LogP contribution is 2.25. The van der Waals surface area contributed by atoms with Crippen LogP contribution in [0.25, 0.3) is 10.6 Å². The van der Waals surface area contributed by atoms with Crippen molar-refractivity contribution in [2.24, 2.45) is 0 Å². The van der Waals surface area contributed by atoms with E-state index >= 15 is 0 Å². The van der Waals surface area contributed by atoms with Crippen LogP contribution in [0.4, 0.5) is 9.93 Å². The molecule has 0 fully saturated rings. The molecule has 1 aromatic heterocycles. The summed E-state index contributed by atoms with van der Waals surface area (Å²) in [5, 5.41) is 25.2. The van der Waals surface area contributed by atoms with Gasteiger partial charge < -0.3 is 10.4 Å². The van der Waals surface area contributed by atoms with Crippen molar-refractivity contribution in [3.8, 4) is 10.6 Å². The maximum Gasteiger partial charge on any atom is 0.321 e. The molecule has 0 aliphatic carbocycles. The van der Waals surface area contributed by atoms with Crippen molar-refractivity contribution in [1.82, 2.24) is 15.5 Å². The van der Waals surface area contributed by atoms with Crippen LogP contribution < -0.4 is 10.6 Å². The number of nitrogens with zero attached hydrogens (tertiary/aromatic N) is 2. The third kappa shape index (κ3) is 5.28. The number of nitrogens with one attached hydrogen (secondary N) is 2. The second-order valence-electron chi connectivity index (χ2n) is 5.81. The molecule has 0 aliphatic heterocycles. The Hall–Kier alpha value is -1.99. The number of anilines is 1. The summed E-state index contributed by atoms with van der Waals surface area (Å²) in [6.45, 7) is 4.27. The fraction of sp³-hybridized carbons (Fsp3) is 0.471. The largest absolute Gasteiger partial charge is 0.388 e. The summed E-state index contributed by atoms with van der Waals surface area (Å²) in [4.78, 5) is 12.0. The first-order valence-electron chi connectivity index (χ1n) is 8.22. The van der Waals surface area contributed by atoms with Crippen molar-refractivity contribution in [3.05, 3.63) is 30.3 Å². The molecule has 24 heavy (non-hydrogen) atoms. The molecule has 1 aromatic carbocycles. The first-order valence-corrected chi connectivity index (χ1v) is 9.04. The molecule has 0 aliphatic rings. The van der Waals surface area contributed by atoms with Crippen LogP contribution in [0.5, 0.6) is 0 Å². The molecule has 0 atom stereocenters. The van der Waals surface area contributed by atoms with Gasteiger partial charge in [-0.25, -0.2) is 4.79 Å². The second-order valence-corrected chi connectivity index (χ2v) is 6.79. The Kier molecular flexibility index (Phi) is 6.69. The van der Waals surface area contributed by atoms with E-state index in [-0.39, 0.29) is 12.6 Å². The van der Waals surface area contributed by atoms with Gasteiger partial charge in [0.15, 0.2) is 0 Å². The quantitative estimate of drug-likeness (QED) is 0.679. The Bertz CT molecular complexity index is 639. The van der Waals surface area contributed by atoms with E-state index in [1.165, 1.54) is 11.3 Å². The molecule has 7 heteroatoms. The first-order chi connectivity index (χ1) is 11.6. The standard InChI is InChI=1S/C17H24N4O2S/c1-3-10-17(23,11-4-2)12-18-15(22)19-16-21-20-14(24-16)13-8-6-5-7-9-13/h5-9,23H,3-4,10-12H2,1-2H3,(H2,18,19,21,22). The number of aromatic nitrogens is 2. The van der Waals surface area contributed by atoms with Crippen LogP contribution in [0.3, 0.4) is 0 Å². The number of carbonyl (C=O) groups is 1. The van der Waals surface area contributed by atoms with Crippen molar-refractivity contribution in [1.29, 1.82) is 0 Å². The van der Waals surface area contributed by atoms with Crippen molar-refractivity contribution < 1.29 is 9.90 Å². The molecule has 2 amide bonds. The van der Waals surface area contributed by atoms with E-state index in [1.807, 2.05) is 44.2 Å². The second kappa shape index (κ2) is 8.75. The molecule has 0 saturated heterocycles. The highest BCUT2D eigenvalue weighted by molar-refractivity contribution is 7.18. The van der Waals surface area contributed by atoms with Crippen molar-refractivity contribution >= 4 is 22.5 Å². The van der Waals surface area contributed by atoms with Crippen LogP contribution in [0.15, 0.2) is 30.3 Å². The first kappa shape index (κ1) is 18.4. The minimum Gasteiger partial charge on any atom is -0.388 e. The number of rotatable bonds is 8. The number of aliphatic hydroxyl groups is 1. The average molecular weight is 348 g/mol. The Morgan fingerprint density at radius 2 is 1.83 bits per heavy atom. The van der Waals surface area contributed by atoms with Gasteiger partial charge in [-0.1, -0.05) is 68.4 Å². The van der Waals surface area contributed by atoms with E-state index in [4.69, 9.17) is 0 Å². The smallest absolute Gasteiger partial charge is 0.321 e. The fourth-order valence-electron chi connectivity index (χ4n) is 2.59. The third-order valence-corrected chi connectivity index (χ3v) is 4.56.